The van der Waals surface area contributed by atoms with Gasteiger partial charge in [-0.05, 0) is 6.92 Å². The van der Waals surface area contributed by atoms with Gasteiger partial charge in [-0.2, -0.15) is 0 Å². The van der Waals surface area contributed by atoms with E-state index in [-0.39, 0.29) is 77.5 Å². The van der Waals surface area contributed by atoms with Crippen LogP contribution in [0.15, 0.2) is 0 Å². The molecule has 0 atom stereocenters. The molecule has 0 radical (unpaired) electrons. The van der Waals surface area contributed by atoms with Gasteiger partial charge in [-0.25, -0.2) is 0 Å². The van der Waals surface area contributed by atoms with Gasteiger partial charge in [0, 0.05) is 6.42 Å². The smallest absolute Gasteiger partial charge is 1.00 e. The summed E-state index contributed by atoms with van der Waals surface area (Å²) >= 11 is 0. The van der Waals surface area contributed by atoms with Crippen molar-refractivity contribution in [2.75, 3.05) is 0 Å². The number of carbonyl (C=O) groups excluding carboxylic acids is 1. The largest absolute Gasteiger partial charge is 2.00 e. The molecule has 0 aliphatic rings. The van der Waals surface area contributed by atoms with E-state index in [9.17, 15) is 4.79 Å². The molecule has 0 fully saturated rings. The quantitative estimate of drug-likeness (QED) is 0.436. The van der Waals surface area contributed by atoms with Crippen molar-refractivity contribution in [1.29, 1.82) is 0 Å². The summed E-state index contributed by atoms with van der Waals surface area (Å²) in [5.74, 6) is 0.255. The summed E-state index contributed by atoms with van der Waals surface area (Å²) in [6, 6.07) is 0. The molecule has 0 aliphatic carbocycles. The summed E-state index contributed by atoms with van der Waals surface area (Å²) in [5, 5.41) is 0. The molecule has 0 unspecified atom stereocenters. The first kappa shape index (κ1) is 22.5. The van der Waals surface area contributed by atoms with Crippen LogP contribution in [0.1, 0.15) is 20.3 Å². The fraction of sp³-hybridized carbons (Fsp3) is 0.750. The molecule has 0 N–H and O–H groups in total. The molecule has 0 aliphatic heterocycles. The molecule has 0 aromatic carbocycles. The van der Waals surface area contributed by atoms with Gasteiger partial charge in [0.15, 0.2) is 0 Å². The summed E-state index contributed by atoms with van der Waals surface area (Å²) in [4.78, 5) is 9.81. The van der Waals surface area contributed by atoms with E-state index >= 15 is 0 Å². The molecule has 0 bridgehead atoms. The van der Waals surface area contributed by atoms with E-state index in [4.69, 9.17) is 0 Å². The minimum Gasteiger partial charge on any atom is -1.00 e. The fourth-order valence-electron chi connectivity index (χ4n) is 0. The van der Waals surface area contributed by atoms with Crippen molar-refractivity contribution < 1.29 is 38.8 Å². The summed E-state index contributed by atoms with van der Waals surface area (Å²) in [6.07, 6.45) is 0.667. The number of halogens is 2. The molecule has 0 heterocycles. The van der Waals surface area contributed by atoms with E-state index in [1.165, 1.54) is 0 Å². The number of rotatable bonds is 1. The normalized spacial score (nSPS) is 4.75. The molecule has 0 saturated heterocycles. The van der Waals surface area contributed by atoms with Gasteiger partial charge < -0.3 is 38.8 Å². The summed E-state index contributed by atoms with van der Waals surface area (Å²) in [5.41, 5.74) is 0. The topological polar surface area (TPSA) is 17.1 Å². The maximum Gasteiger partial charge on any atom is 2.00 e. The van der Waals surface area contributed by atoms with Crippen LogP contribution in [-0.2, 0) is 4.79 Å². The number of carbonyl (C=O) groups is 1. The van der Waals surface area contributed by atoms with Crippen LogP contribution < -0.4 is 34.0 Å². The third-order valence-corrected chi connectivity index (χ3v) is 0.498. The monoisotopic (exact) mass is 270 g/mol. The molecular weight excluding hydrogens is 264 g/mol. The van der Waals surface area contributed by atoms with Gasteiger partial charge in [-0.1, -0.05) is 6.92 Å². The van der Waals surface area contributed by atoms with Gasteiger partial charge in [0.25, 0.3) is 0 Å². The molecule has 4 heteroatoms. The van der Waals surface area contributed by atoms with Crippen LogP contribution in [0.2, 0.25) is 0 Å². The second-order valence-electron chi connectivity index (χ2n) is 1.06. The van der Waals surface area contributed by atoms with Gasteiger partial charge in [-0.15, -0.1) is 0 Å². The van der Waals surface area contributed by atoms with Crippen molar-refractivity contribution in [3.63, 3.8) is 0 Å². The summed E-state index contributed by atoms with van der Waals surface area (Å²) in [7, 11) is 0. The standard InChI is InChI=1S/C4H8O.2BrH.Ca/c1-3-4(2)5;;;/h3H2,1-2H3;2*1H;/q;;;+2/p-2. The van der Waals surface area contributed by atoms with Gasteiger partial charge >= 0.3 is 37.7 Å². The van der Waals surface area contributed by atoms with Gasteiger partial charge in [0.1, 0.15) is 5.78 Å². The van der Waals surface area contributed by atoms with Crippen LogP contribution in [0.4, 0.5) is 0 Å². The fourth-order valence-corrected chi connectivity index (χ4v) is 0. The minimum absolute atomic E-state index is 0. The van der Waals surface area contributed by atoms with E-state index < -0.39 is 0 Å². The first-order valence-electron chi connectivity index (χ1n) is 1.76. The molecule has 0 amide bonds. The predicted octanol–water partition coefficient (Wildman–Crippen LogP) is -5.39. The van der Waals surface area contributed by atoms with Crippen LogP contribution >= 0.6 is 0 Å². The van der Waals surface area contributed by atoms with Crippen molar-refractivity contribution in [2.45, 2.75) is 20.3 Å². The van der Waals surface area contributed by atoms with Gasteiger partial charge in [-0.3, -0.25) is 0 Å². The molecular formula is C4H8Br2CaO. The predicted molar refractivity (Wildman–Crippen MR) is 26.7 cm³/mol. The Kier molecular flexibility index (Phi) is 44.9. The molecule has 8 heavy (non-hydrogen) atoms. The molecule has 0 spiro atoms. The van der Waals surface area contributed by atoms with Crippen LogP contribution in [0.5, 0.6) is 0 Å². The third kappa shape index (κ3) is 24.8. The number of Topliss-reactive ketones (excluding diaryl/α,β-unsaturated/α-hetero) is 1. The Hall–Kier alpha value is 1.89. The van der Waals surface area contributed by atoms with Gasteiger partial charge in [0.05, 0.1) is 0 Å². The van der Waals surface area contributed by atoms with Crippen molar-refractivity contribution in [2.24, 2.45) is 0 Å². The summed E-state index contributed by atoms with van der Waals surface area (Å²) < 4.78 is 0. The average Bonchev–Trinajstić information content (AvgIpc) is 1.38. The van der Waals surface area contributed by atoms with Crippen LogP contribution in [-0.4, -0.2) is 43.5 Å². The maximum atomic E-state index is 9.81. The Balaban J connectivity index is -0.0000000267. The minimum atomic E-state index is 0. The first-order valence-corrected chi connectivity index (χ1v) is 1.76. The van der Waals surface area contributed by atoms with E-state index in [2.05, 4.69) is 0 Å². The molecule has 0 saturated carbocycles. The van der Waals surface area contributed by atoms with Crippen LogP contribution in [0.25, 0.3) is 0 Å². The molecule has 0 aromatic heterocycles. The van der Waals surface area contributed by atoms with E-state index in [1.54, 1.807) is 6.92 Å². The Bertz CT molecular complexity index is 49.3. The Morgan fingerprint density at radius 1 is 1.38 bits per heavy atom. The number of hydrogen-bond acceptors (Lipinski definition) is 1. The second kappa shape index (κ2) is 16.0. The van der Waals surface area contributed by atoms with Crippen molar-refractivity contribution in [3.05, 3.63) is 0 Å². The maximum absolute atomic E-state index is 9.81. The van der Waals surface area contributed by atoms with Crippen LogP contribution in [0.3, 0.4) is 0 Å². The first-order chi connectivity index (χ1) is 2.27. The number of ketones is 1. The van der Waals surface area contributed by atoms with Gasteiger partial charge in [0.2, 0.25) is 0 Å². The molecule has 46 valence electrons. The SMILES string of the molecule is CCC(C)=O.[Br-].[Br-].[Ca+2]. The second-order valence-corrected chi connectivity index (χ2v) is 1.06. The summed E-state index contributed by atoms with van der Waals surface area (Å²) in [6.45, 7) is 3.43. The average molecular weight is 272 g/mol. The van der Waals surface area contributed by atoms with Crippen molar-refractivity contribution in [1.82, 2.24) is 0 Å². The molecule has 0 rings (SSSR count). The van der Waals surface area contributed by atoms with Crippen molar-refractivity contribution >= 4 is 43.5 Å². The zero-order valence-electron chi connectivity index (χ0n) is 5.08. The Morgan fingerprint density at radius 3 is 1.50 bits per heavy atom. The van der Waals surface area contributed by atoms with E-state index in [0.29, 0.717) is 6.42 Å². The Morgan fingerprint density at radius 2 is 1.50 bits per heavy atom. The zero-order valence-corrected chi connectivity index (χ0v) is 10.5. The van der Waals surface area contributed by atoms with E-state index in [0.717, 1.165) is 0 Å². The Labute approximate surface area is 101 Å². The number of hydrogen-bond donors (Lipinski definition) is 0. The van der Waals surface area contributed by atoms with Crippen molar-refractivity contribution in [3.8, 4) is 0 Å². The molecule has 1 nitrogen and oxygen atoms in total. The third-order valence-electron chi connectivity index (χ3n) is 0.498. The molecule has 0 aromatic rings. The van der Waals surface area contributed by atoms with E-state index in [1.807, 2.05) is 6.92 Å². The van der Waals surface area contributed by atoms with Crippen LogP contribution in [0, 0.1) is 0 Å². The zero-order chi connectivity index (χ0) is 4.28.